The largest absolute Gasteiger partial charge is 0.349 e. The number of hydrogen-bond acceptors (Lipinski definition) is 4. The maximum absolute atomic E-state index is 13.6. The number of carbonyl (C=O) groups is 1. The van der Waals surface area contributed by atoms with Gasteiger partial charge in [-0.25, -0.2) is 4.98 Å². The molecule has 8 heteroatoms. The molecule has 0 spiro atoms. The van der Waals surface area contributed by atoms with E-state index in [4.69, 9.17) is 16.6 Å². The zero-order valence-corrected chi connectivity index (χ0v) is 20.0. The van der Waals surface area contributed by atoms with Gasteiger partial charge in [0.1, 0.15) is 11.0 Å². The number of aromatic amines is 1. The van der Waals surface area contributed by atoms with Gasteiger partial charge in [0.2, 0.25) is 5.91 Å². The fraction of sp³-hybridized carbons (Fsp3) is 0.320. The van der Waals surface area contributed by atoms with Gasteiger partial charge in [-0.2, -0.15) is 0 Å². The van der Waals surface area contributed by atoms with Crippen LogP contribution in [0, 0.1) is 0 Å². The van der Waals surface area contributed by atoms with Crippen LogP contribution in [0.1, 0.15) is 32.6 Å². The zero-order chi connectivity index (χ0) is 22.9. The van der Waals surface area contributed by atoms with Crippen LogP contribution in [0.5, 0.6) is 0 Å². The van der Waals surface area contributed by atoms with Crippen LogP contribution in [0.4, 0.5) is 0 Å². The molecule has 2 aromatic heterocycles. The number of rotatable bonds is 5. The smallest absolute Gasteiger partial charge is 0.283 e. The number of nitrogens with one attached hydrogen (secondary N) is 1. The molecule has 2 aromatic carbocycles. The second kappa shape index (κ2) is 9.23. The highest BCUT2D eigenvalue weighted by molar-refractivity contribution is 7.99. The van der Waals surface area contributed by atoms with E-state index in [1.54, 1.807) is 28.8 Å². The van der Waals surface area contributed by atoms with Crippen molar-refractivity contribution >= 4 is 51.2 Å². The lowest BCUT2D eigenvalue weighted by Gasteiger charge is -2.35. The first-order chi connectivity index (χ1) is 16.1. The van der Waals surface area contributed by atoms with E-state index in [2.05, 4.69) is 11.9 Å². The Morgan fingerprint density at radius 3 is 2.76 bits per heavy atom. The van der Waals surface area contributed by atoms with E-state index in [1.807, 2.05) is 29.2 Å². The Labute approximate surface area is 200 Å². The lowest BCUT2D eigenvalue weighted by atomic mass is 10.0. The molecule has 1 N–H and O–H groups in total. The number of halogens is 1. The molecule has 1 aliphatic rings. The van der Waals surface area contributed by atoms with Crippen LogP contribution in [0.3, 0.4) is 0 Å². The fourth-order valence-electron chi connectivity index (χ4n) is 4.62. The molecule has 170 valence electrons. The molecular formula is C25H25ClN4O2S. The summed E-state index contributed by atoms with van der Waals surface area (Å²) in [6.07, 6.45) is 4.24. The maximum Gasteiger partial charge on any atom is 0.283 e. The molecule has 3 heterocycles. The summed E-state index contributed by atoms with van der Waals surface area (Å²) < 4.78 is 1.57. The highest BCUT2D eigenvalue weighted by Crippen LogP contribution is 2.28. The first-order valence-corrected chi connectivity index (χ1v) is 12.6. The number of H-pyrrole nitrogens is 1. The number of thioether (sulfide) groups is 1. The van der Waals surface area contributed by atoms with Gasteiger partial charge in [0.15, 0.2) is 5.16 Å². The first kappa shape index (κ1) is 22.0. The van der Waals surface area contributed by atoms with Crippen molar-refractivity contribution in [2.45, 2.75) is 43.8 Å². The summed E-state index contributed by atoms with van der Waals surface area (Å²) in [7, 11) is 0. The molecular weight excluding hydrogens is 456 g/mol. The van der Waals surface area contributed by atoms with E-state index in [9.17, 15) is 9.59 Å². The molecule has 33 heavy (non-hydrogen) atoms. The summed E-state index contributed by atoms with van der Waals surface area (Å²) in [5.74, 6) is 0.340. The normalized spacial score (nSPS) is 16.5. The average molecular weight is 481 g/mol. The summed E-state index contributed by atoms with van der Waals surface area (Å²) in [4.78, 5) is 36.8. The number of carbonyl (C=O) groups excluding carboxylic acids is 1. The molecule has 0 saturated carbocycles. The van der Waals surface area contributed by atoms with Crippen LogP contribution in [-0.2, 0) is 4.79 Å². The van der Waals surface area contributed by atoms with Gasteiger partial charge in [0.05, 0.1) is 11.4 Å². The van der Waals surface area contributed by atoms with Crippen molar-refractivity contribution in [3.63, 3.8) is 0 Å². The molecule has 1 unspecified atom stereocenters. The van der Waals surface area contributed by atoms with Gasteiger partial charge < -0.3 is 9.88 Å². The van der Waals surface area contributed by atoms with Crippen molar-refractivity contribution in [2.24, 2.45) is 0 Å². The van der Waals surface area contributed by atoms with Gasteiger partial charge in [-0.1, -0.05) is 48.5 Å². The quantitative estimate of drug-likeness (QED) is 0.306. The van der Waals surface area contributed by atoms with Crippen molar-refractivity contribution in [1.29, 1.82) is 0 Å². The number of piperidine rings is 1. The molecule has 5 rings (SSSR count). The van der Waals surface area contributed by atoms with Crippen LogP contribution in [0.2, 0.25) is 5.02 Å². The average Bonchev–Trinajstić information content (AvgIpc) is 3.22. The number of amides is 1. The van der Waals surface area contributed by atoms with Crippen LogP contribution >= 0.6 is 23.4 Å². The van der Waals surface area contributed by atoms with Crippen LogP contribution in [0.25, 0.3) is 27.6 Å². The summed E-state index contributed by atoms with van der Waals surface area (Å²) in [6.45, 7) is 2.94. The second-order valence-corrected chi connectivity index (χ2v) is 9.72. The van der Waals surface area contributed by atoms with Crippen molar-refractivity contribution in [2.75, 3.05) is 12.3 Å². The molecule has 4 aromatic rings. The lowest BCUT2D eigenvalue weighted by Crippen LogP contribution is -2.44. The molecule has 1 atom stereocenters. The van der Waals surface area contributed by atoms with Gasteiger partial charge in [-0.15, -0.1) is 0 Å². The molecule has 0 aliphatic carbocycles. The number of para-hydroxylation sites is 1. The summed E-state index contributed by atoms with van der Waals surface area (Å²) >= 11 is 7.39. The van der Waals surface area contributed by atoms with Crippen molar-refractivity contribution in [3.8, 4) is 5.69 Å². The number of nitrogens with zero attached hydrogens (tertiary/aromatic N) is 3. The Bertz CT molecular complexity index is 1380. The molecule has 0 bridgehead atoms. The highest BCUT2D eigenvalue weighted by atomic mass is 35.5. The van der Waals surface area contributed by atoms with Crippen molar-refractivity contribution in [1.82, 2.24) is 19.4 Å². The molecule has 1 amide bonds. The van der Waals surface area contributed by atoms with Crippen LogP contribution < -0.4 is 5.56 Å². The monoisotopic (exact) mass is 480 g/mol. The Hall–Kier alpha value is -2.77. The minimum absolute atomic E-state index is 0.0995. The van der Waals surface area contributed by atoms with E-state index >= 15 is 0 Å². The third-order valence-corrected chi connectivity index (χ3v) is 7.50. The third kappa shape index (κ3) is 4.15. The number of fused-ring (bicyclic) bond motifs is 3. The Morgan fingerprint density at radius 2 is 1.97 bits per heavy atom. The SMILES string of the molecule is CCC1CCCCN1C(=O)CSc1nc2c([nH]c3ccccc32)c(=O)n1-c1ccc(Cl)cc1. The molecule has 0 radical (unpaired) electrons. The number of hydrogen-bond donors (Lipinski definition) is 1. The second-order valence-electron chi connectivity index (χ2n) is 8.34. The highest BCUT2D eigenvalue weighted by Gasteiger charge is 2.26. The number of benzene rings is 2. The van der Waals surface area contributed by atoms with E-state index in [0.29, 0.717) is 32.9 Å². The molecule has 1 aliphatic heterocycles. The maximum atomic E-state index is 13.6. The Kier molecular flexibility index (Phi) is 6.17. The molecule has 1 fully saturated rings. The standard InChI is InChI=1S/C25H25ClN4O2S/c1-2-17-7-5-6-14-29(17)21(31)15-33-25-28-22-19-8-3-4-9-20(19)27-23(22)24(32)30(25)18-12-10-16(26)11-13-18/h3-4,8-13,17,27H,2,5-7,14-15H2,1H3. The van der Waals surface area contributed by atoms with Gasteiger partial charge in [-0.3, -0.25) is 14.2 Å². The molecule has 6 nitrogen and oxygen atoms in total. The van der Waals surface area contributed by atoms with Crippen molar-refractivity contribution < 1.29 is 4.79 Å². The summed E-state index contributed by atoms with van der Waals surface area (Å²) in [5, 5.41) is 1.98. The van der Waals surface area contributed by atoms with E-state index in [1.165, 1.54) is 18.2 Å². The predicted molar refractivity (Wildman–Crippen MR) is 135 cm³/mol. The predicted octanol–water partition coefficient (Wildman–Crippen LogP) is 5.40. The van der Waals surface area contributed by atoms with Crippen molar-refractivity contribution in [3.05, 3.63) is 63.9 Å². The van der Waals surface area contributed by atoms with Crippen LogP contribution in [-0.4, -0.2) is 43.7 Å². The first-order valence-electron chi connectivity index (χ1n) is 11.3. The summed E-state index contributed by atoms with van der Waals surface area (Å²) in [5.41, 5.74) is 2.40. The van der Waals surface area contributed by atoms with Gasteiger partial charge >= 0.3 is 0 Å². The third-order valence-electron chi connectivity index (χ3n) is 6.32. The van der Waals surface area contributed by atoms with E-state index in [-0.39, 0.29) is 17.2 Å². The number of aromatic nitrogens is 3. The van der Waals surface area contributed by atoms with E-state index in [0.717, 1.165) is 36.7 Å². The van der Waals surface area contributed by atoms with Gasteiger partial charge in [0, 0.05) is 28.5 Å². The van der Waals surface area contributed by atoms with Gasteiger partial charge in [0.25, 0.3) is 5.56 Å². The fourth-order valence-corrected chi connectivity index (χ4v) is 5.64. The zero-order valence-electron chi connectivity index (χ0n) is 18.4. The van der Waals surface area contributed by atoms with E-state index < -0.39 is 0 Å². The van der Waals surface area contributed by atoms with Gasteiger partial charge in [-0.05, 0) is 56.0 Å². The topological polar surface area (TPSA) is 71.0 Å². The molecule has 1 saturated heterocycles. The summed E-state index contributed by atoms with van der Waals surface area (Å²) in [6, 6.07) is 15.1. The minimum Gasteiger partial charge on any atom is -0.349 e. The number of likely N-dealkylation sites (tertiary alicyclic amines) is 1. The minimum atomic E-state index is -0.196. The Morgan fingerprint density at radius 1 is 1.18 bits per heavy atom. The van der Waals surface area contributed by atoms with Crippen LogP contribution in [0.15, 0.2) is 58.5 Å². The Balaban J connectivity index is 1.57. The lowest BCUT2D eigenvalue weighted by molar-refractivity contribution is -0.132.